The zero-order valence-corrected chi connectivity index (χ0v) is 14.5. The molecule has 0 spiro atoms. The van der Waals surface area contributed by atoms with Crippen LogP contribution in [-0.2, 0) is 17.6 Å². The Labute approximate surface area is 146 Å². The number of halogens is 1. The fourth-order valence-corrected chi connectivity index (χ4v) is 3.96. The topological polar surface area (TPSA) is 51.1 Å². The summed E-state index contributed by atoms with van der Waals surface area (Å²) in [5, 5.41) is 2.83. The number of anilines is 1. The van der Waals surface area contributed by atoms with Gasteiger partial charge in [0.15, 0.2) is 0 Å². The van der Waals surface area contributed by atoms with Gasteiger partial charge >= 0.3 is 4.87 Å². The molecule has 0 radical (unpaired) electrons. The summed E-state index contributed by atoms with van der Waals surface area (Å²) in [7, 11) is 1.73. The summed E-state index contributed by atoms with van der Waals surface area (Å²) in [5.74, 6) is 0.581. The number of thiazole rings is 1. The van der Waals surface area contributed by atoms with E-state index in [1.807, 2.05) is 12.1 Å². The van der Waals surface area contributed by atoms with Crippen LogP contribution in [0.5, 0.6) is 0 Å². The number of carbonyl (C=O) groups is 1. The van der Waals surface area contributed by atoms with E-state index < -0.39 is 0 Å². The van der Waals surface area contributed by atoms with Crippen molar-refractivity contribution in [2.24, 2.45) is 7.05 Å². The molecule has 124 valence electrons. The second kappa shape index (κ2) is 7.19. The van der Waals surface area contributed by atoms with Gasteiger partial charge in [0.05, 0.1) is 16.0 Å². The van der Waals surface area contributed by atoms with E-state index >= 15 is 0 Å². The summed E-state index contributed by atoms with van der Waals surface area (Å²) in [5.41, 5.74) is 2.51. The number of aryl methyl sites for hydroxylation is 1. The molecule has 0 fully saturated rings. The maximum atomic E-state index is 12.8. The highest BCUT2D eigenvalue weighted by molar-refractivity contribution is 7.99. The Kier molecular flexibility index (Phi) is 5.01. The molecule has 1 heterocycles. The maximum Gasteiger partial charge on any atom is 0.307 e. The average Bonchev–Trinajstić information content (AvgIpc) is 2.83. The van der Waals surface area contributed by atoms with E-state index in [1.165, 1.54) is 23.9 Å². The minimum atomic E-state index is -0.264. The lowest BCUT2D eigenvalue weighted by Crippen LogP contribution is -2.14. The fraction of sp³-hybridized carbons (Fsp3) is 0.176. The smallest absolute Gasteiger partial charge is 0.307 e. The van der Waals surface area contributed by atoms with E-state index in [-0.39, 0.29) is 16.6 Å². The van der Waals surface area contributed by atoms with Gasteiger partial charge in [0.2, 0.25) is 5.91 Å². The maximum absolute atomic E-state index is 12.8. The summed E-state index contributed by atoms with van der Waals surface area (Å²) in [6, 6.07) is 11.7. The summed E-state index contributed by atoms with van der Waals surface area (Å²) in [6.07, 6.45) is 0. The number of fused-ring (bicyclic) bond motifs is 1. The monoisotopic (exact) mass is 362 g/mol. The van der Waals surface area contributed by atoms with Gasteiger partial charge in [-0.25, -0.2) is 4.39 Å². The quantitative estimate of drug-likeness (QED) is 0.754. The van der Waals surface area contributed by atoms with Crippen LogP contribution in [0.1, 0.15) is 5.56 Å². The van der Waals surface area contributed by atoms with Crippen molar-refractivity contribution in [1.82, 2.24) is 4.57 Å². The number of benzene rings is 2. The van der Waals surface area contributed by atoms with Crippen LogP contribution in [0.15, 0.2) is 47.3 Å². The first-order valence-corrected chi connectivity index (χ1v) is 9.21. The zero-order valence-electron chi connectivity index (χ0n) is 12.9. The van der Waals surface area contributed by atoms with Gasteiger partial charge in [-0.05, 0) is 35.9 Å². The molecule has 1 amide bonds. The molecule has 3 aromatic rings. The Morgan fingerprint density at radius 2 is 2.00 bits per heavy atom. The molecule has 0 atom stereocenters. The Morgan fingerprint density at radius 3 is 2.75 bits per heavy atom. The first kappa shape index (κ1) is 16.7. The highest BCUT2D eigenvalue weighted by Crippen LogP contribution is 2.21. The molecule has 0 unspecified atom stereocenters. The minimum Gasteiger partial charge on any atom is -0.325 e. The molecule has 0 saturated heterocycles. The number of hydrogen-bond acceptors (Lipinski definition) is 4. The first-order chi connectivity index (χ1) is 11.5. The third-order valence-corrected chi connectivity index (χ3v) is 5.49. The van der Waals surface area contributed by atoms with Crippen molar-refractivity contribution in [3.63, 3.8) is 0 Å². The third-order valence-electron chi connectivity index (χ3n) is 3.49. The van der Waals surface area contributed by atoms with Crippen LogP contribution in [0.4, 0.5) is 10.1 Å². The number of nitrogens with zero attached hydrogens (tertiary/aromatic N) is 1. The molecule has 0 aliphatic carbocycles. The molecule has 0 aliphatic rings. The highest BCUT2D eigenvalue weighted by Gasteiger charge is 2.07. The van der Waals surface area contributed by atoms with E-state index in [0.717, 1.165) is 27.1 Å². The first-order valence-electron chi connectivity index (χ1n) is 7.24. The molecule has 7 heteroatoms. The average molecular weight is 362 g/mol. The van der Waals surface area contributed by atoms with E-state index in [9.17, 15) is 14.0 Å². The molecule has 0 aliphatic heterocycles. The molecule has 0 saturated carbocycles. The van der Waals surface area contributed by atoms with Crippen molar-refractivity contribution in [2.75, 3.05) is 11.1 Å². The Balaban J connectivity index is 1.56. The predicted octanol–water partition coefficient (Wildman–Crippen LogP) is 3.61. The third kappa shape index (κ3) is 3.85. The summed E-state index contributed by atoms with van der Waals surface area (Å²) in [6.45, 7) is 0. The molecule has 24 heavy (non-hydrogen) atoms. The second-order valence-corrected chi connectivity index (χ2v) is 7.26. The van der Waals surface area contributed by atoms with Gasteiger partial charge in [0.1, 0.15) is 5.82 Å². The van der Waals surface area contributed by atoms with E-state index in [1.54, 1.807) is 29.8 Å². The number of carbonyl (C=O) groups excluding carboxylic acids is 1. The Morgan fingerprint density at radius 1 is 1.25 bits per heavy atom. The number of amides is 1. The second-order valence-electron chi connectivity index (χ2n) is 5.28. The van der Waals surface area contributed by atoms with Gasteiger partial charge in [-0.1, -0.05) is 23.5 Å². The molecule has 3 rings (SSSR count). The van der Waals surface area contributed by atoms with E-state index in [2.05, 4.69) is 5.32 Å². The van der Waals surface area contributed by atoms with Crippen LogP contribution in [0.25, 0.3) is 10.2 Å². The van der Waals surface area contributed by atoms with Crippen LogP contribution in [0.2, 0.25) is 0 Å². The number of hydrogen-bond donors (Lipinski definition) is 1. The summed E-state index contributed by atoms with van der Waals surface area (Å²) < 4.78 is 15.3. The number of nitrogens with one attached hydrogen (secondary N) is 1. The minimum absolute atomic E-state index is 0.0247. The van der Waals surface area contributed by atoms with Crippen LogP contribution >= 0.6 is 23.1 Å². The Bertz CT molecular complexity index is 932. The molecule has 0 bridgehead atoms. The van der Waals surface area contributed by atoms with Gasteiger partial charge in [-0.3, -0.25) is 9.59 Å². The van der Waals surface area contributed by atoms with E-state index in [4.69, 9.17) is 0 Å². The summed E-state index contributed by atoms with van der Waals surface area (Å²) >= 11 is 2.62. The van der Waals surface area contributed by atoms with Crippen LogP contribution in [0, 0.1) is 5.82 Å². The van der Waals surface area contributed by atoms with Crippen molar-refractivity contribution in [3.05, 3.63) is 63.5 Å². The number of aromatic nitrogens is 1. The number of rotatable bonds is 5. The highest BCUT2D eigenvalue weighted by atomic mass is 32.2. The van der Waals surface area contributed by atoms with Crippen molar-refractivity contribution in [2.45, 2.75) is 5.75 Å². The Hall–Kier alpha value is -2.12. The normalized spacial score (nSPS) is 10.9. The van der Waals surface area contributed by atoms with Gasteiger partial charge < -0.3 is 9.88 Å². The van der Waals surface area contributed by atoms with Gasteiger partial charge in [0, 0.05) is 18.5 Å². The molecule has 4 nitrogen and oxygen atoms in total. The molecule has 2 aromatic carbocycles. The lowest BCUT2D eigenvalue weighted by Gasteiger charge is -2.06. The lowest BCUT2D eigenvalue weighted by molar-refractivity contribution is -0.113. The molecule has 1 aromatic heterocycles. The van der Waals surface area contributed by atoms with Crippen LogP contribution < -0.4 is 10.2 Å². The summed E-state index contributed by atoms with van der Waals surface area (Å²) in [4.78, 5) is 23.6. The van der Waals surface area contributed by atoms with Gasteiger partial charge in [-0.15, -0.1) is 11.8 Å². The molecular weight excluding hydrogens is 347 g/mol. The van der Waals surface area contributed by atoms with Gasteiger partial charge in [0.25, 0.3) is 0 Å². The van der Waals surface area contributed by atoms with Crippen molar-refractivity contribution < 1.29 is 9.18 Å². The van der Waals surface area contributed by atoms with Crippen LogP contribution in [-0.4, -0.2) is 16.2 Å². The SMILES string of the molecule is Cn1c(=O)sc2cc(NC(=O)CSCc3ccc(F)cc3)ccc21. The van der Waals surface area contributed by atoms with Crippen molar-refractivity contribution in [1.29, 1.82) is 0 Å². The molecule has 1 N–H and O–H groups in total. The number of thioether (sulfide) groups is 1. The largest absolute Gasteiger partial charge is 0.325 e. The predicted molar refractivity (Wildman–Crippen MR) is 98.3 cm³/mol. The zero-order chi connectivity index (χ0) is 17.1. The van der Waals surface area contributed by atoms with Crippen molar-refractivity contribution >= 4 is 44.9 Å². The van der Waals surface area contributed by atoms with E-state index in [0.29, 0.717) is 17.2 Å². The standard InChI is InChI=1S/C17H15FN2O2S2/c1-20-14-7-6-13(8-15(14)24-17(20)22)19-16(21)10-23-9-11-2-4-12(18)5-3-11/h2-8H,9-10H2,1H3,(H,19,21). The van der Waals surface area contributed by atoms with Crippen molar-refractivity contribution in [3.8, 4) is 0 Å². The molecular formula is C17H15FN2O2S2. The van der Waals surface area contributed by atoms with Crippen LogP contribution in [0.3, 0.4) is 0 Å². The lowest BCUT2D eigenvalue weighted by atomic mass is 10.2. The van der Waals surface area contributed by atoms with Gasteiger partial charge in [-0.2, -0.15) is 0 Å². The fourth-order valence-electron chi connectivity index (χ4n) is 2.25.